The van der Waals surface area contributed by atoms with E-state index in [1.807, 2.05) is 0 Å². The molecule has 0 aromatic heterocycles. The van der Waals surface area contributed by atoms with Crippen molar-refractivity contribution in [3.05, 3.63) is 116 Å². The number of rotatable bonds is 10. The number of phenolic OH excluding ortho intramolecular Hbond substituents is 2. The zero-order chi connectivity index (χ0) is 42.7. The third-order valence-corrected chi connectivity index (χ3v) is 9.23. The Morgan fingerprint density at radius 2 is 0.966 bits per heavy atom. The zero-order valence-corrected chi connectivity index (χ0v) is 32.5. The minimum atomic E-state index is -5.23. The van der Waals surface area contributed by atoms with E-state index in [0.29, 0.717) is 23.5 Å². The van der Waals surface area contributed by atoms with E-state index in [1.165, 1.54) is 13.8 Å². The van der Waals surface area contributed by atoms with Gasteiger partial charge in [0, 0.05) is 41.6 Å². The molecule has 0 radical (unpaired) electrons. The van der Waals surface area contributed by atoms with Crippen molar-refractivity contribution in [2.24, 2.45) is 20.4 Å². The molecular weight excluding hydrogens is 865 g/mol. The molecule has 0 saturated heterocycles. The summed E-state index contributed by atoms with van der Waals surface area (Å²) in [5.41, 5.74) is 4.93. The standard InChI is InChI=1S/2C16H13N5O7S.Cr/c2*1-9-14(16(23)20(19-9)10-5-3-2-4-6-10)18-17-12-7-11(21(24)25)8-13(15(12)22)29(26,27)28;/h2*2-8H,1H3,(H3,17,18,19,22,23,26,27,28);/p-1. The summed E-state index contributed by atoms with van der Waals surface area (Å²) in [6.45, 7) is 2.94. The predicted octanol–water partition coefficient (Wildman–Crippen LogP) is 4.31. The van der Waals surface area contributed by atoms with E-state index < -0.39 is 85.9 Å². The average Bonchev–Trinajstić information content (AvgIpc) is 3.61. The number of carbonyl (C=O) groups is 2. The molecule has 2 N–H and O–H groups in total. The number of para-hydroxylation sites is 2. The number of nitrogens with zero attached hydrogens (tertiary/aromatic N) is 10. The van der Waals surface area contributed by atoms with E-state index in [2.05, 4.69) is 31.3 Å². The van der Waals surface area contributed by atoms with Crippen LogP contribution in [0.2, 0.25) is 0 Å². The van der Waals surface area contributed by atoms with Gasteiger partial charge in [0.25, 0.3) is 23.2 Å². The van der Waals surface area contributed by atoms with Crippen molar-refractivity contribution in [2.75, 3.05) is 10.0 Å². The van der Waals surface area contributed by atoms with Gasteiger partial charge in [-0.2, -0.15) is 20.2 Å². The largest absolute Gasteiger partial charge is 1.00 e. The summed E-state index contributed by atoms with van der Waals surface area (Å²) in [7, 11) is -10.5. The fourth-order valence-electron chi connectivity index (χ4n) is 4.82. The van der Waals surface area contributed by atoms with E-state index in [9.17, 15) is 66.0 Å². The van der Waals surface area contributed by atoms with Crippen LogP contribution in [0.25, 0.3) is 10.9 Å². The Kier molecular flexibility index (Phi) is 13.3. The molecule has 306 valence electrons. The topological polar surface area (TPSA) is 359 Å². The van der Waals surface area contributed by atoms with Crippen molar-refractivity contribution in [3.8, 4) is 11.5 Å². The maximum Gasteiger partial charge on any atom is 1.00 e. The molecule has 0 unspecified atom stereocenters. The molecule has 2 heterocycles. The van der Waals surface area contributed by atoms with Crippen molar-refractivity contribution in [3.63, 3.8) is 0 Å². The maximum atomic E-state index is 12.5. The Morgan fingerprint density at radius 1 is 0.644 bits per heavy atom. The zero-order valence-electron chi connectivity index (χ0n) is 32.6. The van der Waals surface area contributed by atoms with Crippen molar-refractivity contribution in [1.82, 2.24) is 0 Å². The van der Waals surface area contributed by atoms with Gasteiger partial charge >= 0.3 is 4.28 Å². The van der Waals surface area contributed by atoms with Crippen LogP contribution in [0.1, 0.15) is 18.1 Å². The quantitative estimate of drug-likeness (QED) is 0.127. The SMILES string of the molecule is CC1=NN(c2ccccc2)C(=O)/C1=N\[N-]c1cc([N+](=O)[O-])cc(S(=O)(=O)[O-])c1O.CC1=NN(c2ccccc2)C(=O)/C1=N\[N-]c1cc([N+](=O)[O-])cc(S(=O)(=O)[O-])c1O.[Cr].[H+].[H+].[H+]. The van der Waals surface area contributed by atoms with Crippen molar-refractivity contribution >= 4 is 89.0 Å². The van der Waals surface area contributed by atoms with Gasteiger partial charge in [0.1, 0.15) is 52.9 Å². The first-order chi connectivity index (χ1) is 27.2. The van der Waals surface area contributed by atoms with Gasteiger partial charge in [0.05, 0.1) is 32.6 Å². The van der Waals surface area contributed by atoms with Gasteiger partial charge < -0.3 is 40.4 Å². The Morgan fingerprint density at radius 3 is 1.25 bits per heavy atom. The molecule has 2 aliphatic rings. The van der Waals surface area contributed by atoms with Gasteiger partial charge in [-0.25, -0.2) is 16.8 Å². The molecular formula is C32H25CrN10O14S2-. The third-order valence-electron chi connectivity index (χ3n) is 7.53. The number of aromatic hydroxyl groups is 2. The van der Waals surface area contributed by atoms with Gasteiger partial charge in [-0.05, 0) is 38.1 Å². The first kappa shape index (κ1) is 44.6. The molecule has 4 aromatic carbocycles. The van der Waals surface area contributed by atoms with Crippen molar-refractivity contribution in [2.45, 2.75) is 23.6 Å². The Labute approximate surface area is 346 Å². The molecule has 0 fully saturated rings. The summed E-state index contributed by atoms with van der Waals surface area (Å²) < 4.78 is 67.5. The van der Waals surface area contributed by atoms with Gasteiger partial charge in [-0.1, -0.05) is 47.8 Å². The summed E-state index contributed by atoms with van der Waals surface area (Å²) >= 11 is 0. The Balaban J connectivity index is 0.000000582. The van der Waals surface area contributed by atoms with E-state index in [4.69, 9.17) is 0 Å². The van der Waals surface area contributed by atoms with Crippen LogP contribution in [0.15, 0.2) is 115 Å². The third kappa shape index (κ3) is 9.88. The van der Waals surface area contributed by atoms with Gasteiger partial charge in [-0.3, -0.25) is 29.8 Å². The summed E-state index contributed by atoms with van der Waals surface area (Å²) in [5, 5.41) is 59.4. The number of hydrogen-bond acceptors (Lipinski definition) is 18. The summed E-state index contributed by atoms with van der Waals surface area (Å²) in [6.07, 6.45) is 0. The summed E-state index contributed by atoms with van der Waals surface area (Å²) in [4.78, 5) is 42.6. The number of non-ortho nitro benzene ring substituents is 2. The number of benzene rings is 4. The van der Waals surface area contributed by atoms with E-state index in [1.54, 1.807) is 60.7 Å². The molecule has 59 heavy (non-hydrogen) atoms. The fourth-order valence-corrected chi connectivity index (χ4v) is 6.04. The number of anilines is 2. The first-order valence-electron chi connectivity index (χ1n) is 15.6. The molecule has 0 saturated carbocycles. The monoisotopic (exact) mass is 889 g/mol. The Hall–Kier alpha value is -7.15. The molecule has 27 heteroatoms. The van der Waals surface area contributed by atoms with E-state index >= 15 is 0 Å². The number of carbonyl (C=O) groups excluding carboxylic acids is 2. The van der Waals surface area contributed by atoms with Crippen molar-refractivity contribution < 1.29 is 77.2 Å². The van der Waals surface area contributed by atoms with Crippen LogP contribution in [0.3, 0.4) is 0 Å². The van der Waals surface area contributed by atoms with Gasteiger partial charge in [-0.15, -0.1) is 0 Å². The van der Waals surface area contributed by atoms with E-state index in [0.717, 1.165) is 22.2 Å². The van der Waals surface area contributed by atoms with Gasteiger partial charge in [0.2, 0.25) is 0 Å². The molecule has 0 bridgehead atoms. The number of hydrogen-bond donors (Lipinski definition) is 2. The second-order valence-corrected chi connectivity index (χ2v) is 14.1. The predicted molar refractivity (Wildman–Crippen MR) is 204 cm³/mol. The number of hydrazone groups is 2. The number of nitro benzene ring substituents is 2. The second-order valence-electron chi connectivity index (χ2n) is 11.4. The molecule has 24 nitrogen and oxygen atoms in total. The molecule has 2 aliphatic heterocycles. The van der Waals surface area contributed by atoms with Crippen LogP contribution in [-0.4, -0.2) is 80.7 Å². The van der Waals surface area contributed by atoms with Crippen LogP contribution < -0.4 is 10.0 Å². The Bertz CT molecular complexity index is 2560. The van der Waals surface area contributed by atoms with Crippen molar-refractivity contribution in [1.29, 1.82) is 0 Å². The van der Waals surface area contributed by atoms with Crippen LogP contribution in [0.5, 0.6) is 11.5 Å². The van der Waals surface area contributed by atoms with Crippen LogP contribution in [-0.2, 0) is 47.2 Å². The normalized spacial score (nSPS) is 15.3. The van der Waals surface area contributed by atoms with E-state index in [-0.39, 0.29) is 44.5 Å². The van der Waals surface area contributed by atoms with Crippen LogP contribution >= 0.6 is 0 Å². The smallest absolute Gasteiger partial charge is 0.744 e. The molecule has 0 aliphatic carbocycles. The van der Waals surface area contributed by atoms with Gasteiger partial charge in [0.15, 0.2) is 0 Å². The first-order valence-corrected chi connectivity index (χ1v) is 18.4. The number of amides is 2. The molecule has 0 spiro atoms. The molecule has 6 rings (SSSR count). The molecule has 0 atom stereocenters. The summed E-state index contributed by atoms with van der Waals surface area (Å²) in [6, 6.07) is 19.1. The minimum absolute atomic E-state index is 0. The average molecular weight is 890 g/mol. The fraction of sp³-hybridized carbons (Fsp3) is 0.0625. The maximum absolute atomic E-state index is 12.5. The summed E-state index contributed by atoms with van der Waals surface area (Å²) in [5.74, 6) is -3.54. The molecule has 4 aromatic rings. The minimum Gasteiger partial charge on any atom is -0.744 e. The van der Waals surface area contributed by atoms with Crippen LogP contribution in [0.4, 0.5) is 34.1 Å². The molecule has 2 amide bonds. The van der Waals surface area contributed by atoms with Crippen LogP contribution in [0, 0.1) is 20.2 Å². The number of nitro groups is 2. The second kappa shape index (κ2) is 17.6. The number of phenols is 2.